The zero-order chi connectivity index (χ0) is 28.8. The second-order valence-corrected chi connectivity index (χ2v) is 12.9. The monoisotopic (exact) mass is 552 g/mol. The first-order chi connectivity index (χ1) is 19.8. The Balaban J connectivity index is 1.88. The average molecular weight is 552 g/mol. The van der Waals surface area contributed by atoms with Crippen molar-refractivity contribution in [3.8, 4) is 0 Å². The summed E-state index contributed by atoms with van der Waals surface area (Å²) in [4.78, 5) is 0. The maximum Gasteiger partial charge on any atom is -0.0245 e. The van der Waals surface area contributed by atoms with Gasteiger partial charge >= 0.3 is 0 Å². The van der Waals surface area contributed by atoms with Gasteiger partial charge in [-0.3, -0.25) is 0 Å². The van der Waals surface area contributed by atoms with Crippen molar-refractivity contribution in [1.82, 2.24) is 0 Å². The van der Waals surface area contributed by atoms with Crippen LogP contribution in [-0.4, -0.2) is 0 Å². The van der Waals surface area contributed by atoms with Gasteiger partial charge < -0.3 is 0 Å². The van der Waals surface area contributed by atoms with E-state index in [9.17, 15) is 0 Å². The van der Waals surface area contributed by atoms with Gasteiger partial charge in [0.15, 0.2) is 0 Å². The van der Waals surface area contributed by atoms with Gasteiger partial charge in [-0.25, -0.2) is 0 Å². The molecular formula is C40H71. The Morgan fingerprint density at radius 3 is 1.50 bits per heavy atom. The van der Waals surface area contributed by atoms with Crippen LogP contribution in [0.1, 0.15) is 199 Å². The SMILES string of the molecule is CCCCCCCCCCCCCCCCCCCCCCC=Cc1cccc(C[CH]C(C)CCCCCC)c1. The second kappa shape index (κ2) is 29.5. The Hall–Kier alpha value is -1.04. The van der Waals surface area contributed by atoms with Crippen molar-refractivity contribution in [2.24, 2.45) is 5.92 Å². The van der Waals surface area contributed by atoms with Crippen LogP contribution in [0.25, 0.3) is 6.08 Å². The van der Waals surface area contributed by atoms with Gasteiger partial charge in [-0.15, -0.1) is 0 Å². The third-order valence-corrected chi connectivity index (χ3v) is 8.75. The maximum atomic E-state index is 2.52. The maximum absolute atomic E-state index is 2.52. The Morgan fingerprint density at radius 1 is 0.550 bits per heavy atom. The number of unbranched alkanes of at least 4 members (excludes halogenated alkanes) is 23. The minimum absolute atomic E-state index is 0.732. The molecular weight excluding hydrogens is 480 g/mol. The molecule has 0 aromatic heterocycles. The van der Waals surface area contributed by atoms with Crippen molar-refractivity contribution in [3.63, 3.8) is 0 Å². The molecule has 0 heteroatoms. The summed E-state index contributed by atoms with van der Waals surface area (Å²) < 4.78 is 0. The Bertz CT molecular complexity index is 656. The van der Waals surface area contributed by atoms with Gasteiger partial charge in [0.1, 0.15) is 0 Å². The molecule has 0 heterocycles. The van der Waals surface area contributed by atoms with Gasteiger partial charge in [-0.2, -0.15) is 0 Å². The van der Waals surface area contributed by atoms with E-state index in [0.717, 1.165) is 12.3 Å². The summed E-state index contributed by atoms with van der Waals surface area (Å²) in [5.74, 6) is 0.732. The fourth-order valence-corrected chi connectivity index (χ4v) is 5.91. The zero-order valence-corrected chi connectivity index (χ0v) is 27.7. The molecule has 0 saturated heterocycles. The molecule has 0 aliphatic heterocycles. The summed E-state index contributed by atoms with van der Waals surface area (Å²) in [5.41, 5.74) is 2.83. The lowest BCUT2D eigenvalue weighted by Crippen LogP contribution is -1.99. The largest absolute Gasteiger partial charge is 0.0839 e. The van der Waals surface area contributed by atoms with E-state index < -0.39 is 0 Å². The molecule has 40 heavy (non-hydrogen) atoms. The lowest BCUT2D eigenvalue weighted by Gasteiger charge is -2.11. The van der Waals surface area contributed by atoms with E-state index >= 15 is 0 Å². The smallest absolute Gasteiger partial charge is 0.0245 e. The molecule has 0 amide bonds. The van der Waals surface area contributed by atoms with E-state index in [1.807, 2.05) is 0 Å². The van der Waals surface area contributed by atoms with Crippen LogP contribution in [0.4, 0.5) is 0 Å². The van der Waals surface area contributed by atoms with Crippen LogP contribution in [0.15, 0.2) is 30.3 Å². The zero-order valence-electron chi connectivity index (χ0n) is 27.7. The van der Waals surface area contributed by atoms with Crippen LogP contribution in [0, 0.1) is 12.3 Å². The minimum atomic E-state index is 0.732. The summed E-state index contributed by atoms with van der Waals surface area (Å²) in [6.07, 6.45) is 45.5. The molecule has 0 bridgehead atoms. The van der Waals surface area contributed by atoms with Crippen LogP contribution < -0.4 is 0 Å². The molecule has 231 valence electrons. The van der Waals surface area contributed by atoms with Crippen LogP contribution in [0.5, 0.6) is 0 Å². The van der Waals surface area contributed by atoms with Crippen molar-refractivity contribution in [2.45, 2.75) is 194 Å². The lowest BCUT2D eigenvalue weighted by atomic mass is 9.95. The van der Waals surface area contributed by atoms with Crippen LogP contribution in [-0.2, 0) is 6.42 Å². The fraction of sp³-hybridized carbons (Fsp3) is 0.775. The molecule has 0 nitrogen and oxygen atoms in total. The number of hydrogen-bond donors (Lipinski definition) is 0. The number of hydrogen-bond acceptors (Lipinski definition) is 0. The van der Waals surface area contributed by atoms with Crippen molar-refractivity contribution in [1.29, 1.82) is 0 Å². The molecule has 1 rings (SSSR count). The fourth-order valence-electron chi connectivity index (χ4n) is 5.91. The summed E-state index contributed by atoms with van der Waals surface area (Å²) in [6, 6.07) is 9.16. The van der Waals surface area contributed by atoms with Gasteiger partial charge in [0.2, 0.25) is 0 Å². The molecule has 0 saturated carbocycles. The molecule has 0 aliphatic rings. The Kier molecular flexibility index (Phi) is 27.2. The highest BCUT2D eigenvalue weighted by Gasteiger charge is 2.04. The van der Waals surface area contributed by atoms with Crippen molar-refractivity contribution in [3.05, 3.63) is 47.9 Å². The highest BCUT2D eigenvalue weighted by atomic mass is 14.1. The molecule has 1 unspecified atom stereocenters. The molecule has 1 radical (unpaired) electrons. The van der Waals surface area contributed by atoms with Gasteiger partial charge in [0.25, 0.3) is 0 Å². The predicted molar refractivity (Wildman–Crippen MR) is 184 cm³/mol. The van der Waals surface area contributed by atoms with Gasteiger partial charge in [-0.1, -0.05) is 211 Å². The van der Waals surface area contributed by atoms with E-state index in [-0.39, 0.29) is 0 Å². The van der Waals surface area contributed by atoms with Crippen molar-refractivity contribution in [2.75, 3.05) is 0 Å². The third-order valence-electron chi connectivity index (χ3n) is 8.75. The van der Waals surface area contributed by atoms with Gasteiger partial charge in [-0.05, 0) is 42.7 Å². The first kappa shape index (κ1) is 37.0. The lowest BCUT2D eigenvalue weighted by molar-refractivity contribution is 0.522. The average Bonchev–Trinajstić information content (AvgIpc) is 2.97. The molecule has 0 aliphatic carbocycles. The second-order valence-electron chi connectivity index (χ2n) is 12.9. The molecule has 1 atom stereocenters. The van der Waals surface area contributed by atoms with E-state index in [0.29, 0.717) is 0 Å². The quantitative estimate of drug-likeness (QED) is 0.0834. The number of allylic oxidation sites excluding steroid dienone is 1. The molecule has 0 spiro atoms. The van der Waals surface area contributed by atoms with Crippen LogP contribution in [0.2, 0.25) is 0 Å². The molecule has 0 N–H and O–H groups in total. The van der Waals surface area contributed by atoms with Crippen LogP contribution >= 0.6 is 0 Å². The summed E-state index contributed by atoms with van der Waals surface area (Å²) in [7, 11) is 0. The normalized spacial score (nSPS) is 12.5. The molecule has 0 fully saturated rings. The first-order valence-corrected chi connectivity index (χ1v) is 18.3. The van der Waals surface area contributed by atoms with Crippen molar-refractivity contribution >= 4 is 6.08 Å². The molecule has 1 aromatic rings. The van der Waals surface area contributed by atoms with E-state index in [4.69, 9.17) is 0 Å². The highest BCUT2D eigenvalue weighted by Crippen LogP contribution is 2.18. The van der Waals surface area contributed by atoms with E-state index in [1.165, 1.54) is 178 Å². The minimum Gasteiger partial charge on any atom is -0.0839 e. The summed E-state index contributed by atoms with van der Waals surface area (Å²) in [6.45, 7) is 6.98. The summed E-state index contributed by atoms with van der Waals surface area (Å²) in [5, 5.41) is 0. The standard InChI is InChI=1S/C40H71/c1-4-6-8-10-11-12-13-14-15-16-17-18-19-20-21-22-23-24-25-26-27-29-32-39-33-30-34-40(37-39)36-35-38(3)31-28-9-7-5-2/h29-30,32-35,37-38H,4-28,31,36H2,1-3H3. The topological polar surface area (TPSA) is 0 Å². The Labute approximate surface area is 253 Å². The Morgan fingerprint density at radius 2 is 1.00 bits per heavy atom. The number of benzene rings is 1. The van der Waals surface area contributed by atoms with Crippen LogP contribution in [0.3, 0.4) is 0 Å². The summed E-state index contributed by atoms with van der Waals surface area (Å²) >= 11 is 0. The molecule has 1 aromatic carbocycles. The third kappa shape index (κ3) is 24.7. The number of rotatable bonds is 30. The van der Waals surface area contributed by atoms with E-state index in [2.05, 4.69) is 63.6 Å². The van der Waals surface area contributed by atoms with Gasteiger partial charge in [0, 0.05) is 0 Å². The van der Waals surface area contributed by atoms with Crippen molar-refractivity contribution < 1.29 is 0 Å². The van der Waals surface area contributed by atoms with E-state index in [1.54, 1.807) is 0 Å². The first-order valence-electron chi connectivity index (χ1n) is 18.3. The van der Waals surface area contributed by atoms with Gasteiger partial charge in [0.05, 0.1) is 0 Å². The predicted octanol–water partition coefficient (Wildman–Crippen LogP) is 14.3. The highest BCUT2D eigenvalue weighted by molar-refractivity contribution is 5.50.